The average Bonchev–Trinajstić information content (AvgIpc) is 3.05. The van der Waals surface area contributed by atoms with E-state index in [4.69, 9.17) is 0 Å². The van der Waals surface area contributed by atoms with Gasteiger partial charge < -0.3 is 4.90 Å². The van der Waals surface area contributed by atoms with Gasteiger partial charge in [-0.15, -0.1) is 0 Å². The summed E-state index contributed by atoms with van der Waals surface area (Å²) >= 11 is 0. The molecule has 0 N–H and O–H groups in total. The highest BCUT2D eigenvalue weighted by Gasteiger charge is 2.46. The molecule has 3 heterocycles. The number of amides is 1. The summed E-state index contributed by atoms with van der Waals surface area (Å²) in [4.78, 5) is 17.1. The molecule has 0 spiro atoms. The van der Waals surface area contributed by atoms with Crippen LogP contribution in [0.3, 0.4) is 0 Å². The van der Waals surface area contributed by atoms with Gasteiger partial charge in [-0.1, -0.05) is 13.8 Å². The molecule has 0 aromatic carbocycles. The van der Waals surface area contributed by atoms with E-state index in [1.54, 1.807) is 0 Å². The van der Waals surface area contributed by atoms with E-state index in [2.05, 4.69) is 34.8 Å². The van der Waals surface area contributed by atoms with Gasteiger partial charge in [-0.3, -0.25) is 14.4 Å². The molecule has 1 aromatic rings. The van der Waals surface area contributed by atoms with Crippen LogP contribution in [0.2, 0.25) is 0 Å². The minimum atomic E-state index is 0.308. The number of fused-ring (bicyclic) bond motifs is 1. The Morgan fingerprint density at radius 1 is 1.36 bits per heavy atom. The van der Waals surface area contributed by atoms with Gasteiger partial charge in [0.05, 0.1) is 17.9 Å². The Balaban J connectivity index is 1.67. The number of aromatic nitrogens is 2. The van der Waals surface area contributed by atoms with Gasteiger partial charge in [-0.05, 0) is 38.3 Å². The van der Waals surface area contributed by atoms with Crippen LogP contribution in [0, 0.1) is 12.8 Å². The van der Waals surface area contributed by atoms with Crippen LogP contribution < -0.4 is 0 Å². The molecule has 5 nitrogen and oxygen atoms in total. The molecule has 2 saturated heterocycles. The van der Waals surface area contributed by atoms with Crippen molar-refractivity contribution >= 4 is 5.91 Å². The molecule has 22 heavy (non-hydrogen) atoms. The molecule has 0 radical (unpaired) electrons. The van der Waals surface area contributed by atoms with E-state index in [0.29, 0.717) is 31.0 Å². The Morgan fingerprint density at radius 3 is 2.77 bits per heavy atom. The summed E-state index contributed by atoms with van der Waals surface area (Å²) in [6.07, 6.45) is 3.03. The minimum Gasteiger partial charge on any atom is -0.332 e. The van der Waals surface area contributed by atoms with Crippen molar-refractivity contribution in [3.63, 3.8) is 0 Å². The molecule has 0 bridgehead atoms. The number of aryl methyl sites for hydroxylation is 2. The average molecular weight is 304 g/mol. The second-order valence-electron chi connectivity index (χ2n) is 7.27. The van der Waals surface area contributed by atoms with Crippen LogP contribution >= 0.6 is 0 Å². The third-order valence-electron chi connectivity index (χ3n) is 5.15. The van der Waals surface area contributed by atoms with Crippen LogP contribution in [0.5, 0.6) is 0 Å². The summed E-state index contributed by atoms with van der Waals surface area (Å²) in [5.41, 5.74) is 2.15. The van der Waals surface area contributed by atoms with Crippen LogP contribution in [-0.2, 0) is 18.4 Å². The molecule has 3 rings (SSSR count). The van der Waals surface area contributed by atoms with E-state index in [0.717, 1.165) is 36.8 Å². The SMILES string of the molecule is Cc1cc(CN2C(=O)C[C@H]3[C@@H]2CCN3CCC(C)C)n(C)n1. The zero-order valence-corrected chi connectivity index (χ0v) is 14.2. The fourth-order valence-corrected chi connectivity index (χ4v) is 3.90. The quantitative estimate of drug-likeness (QED) is 0.835. The van der Waals surface area contributed by atoms with Crippen LogP contribution in [0.25, 0.3) is 0 Å². The number of likely N-dealkylation sites (tertiary alicyclic amines) is 2. The van der Waals surface area contributed by atoms with Crippen LogP contribution in [-0.4, -0.2) is 50.7 Å². The highest BCUT2D eigenvalue weighted by atomic mass is 16.2. The molecule has 1 aromatic heterocycles. The van der Waals surface area contributed by atoms with Crippen LogP contribution in [0.1, 0.15) is 44.5 Å². The lowest BCUT2D eigenvalue weighted by molar-refractivity contribution is -0.129. The summed E-state index contributed by atoms with van der Waals surface area (Å²) in [6, 6.07) is 2.92. The maximum Gasteiger partial charge on any atom is 0.224 e. The van der Waals surface area contributed by atoms with Gasteiger partial charge in [0, 0.05) is 32.1 Å². The first-order valence-electron chi connectivity index (χ1n) is 8.48. The second-order valence-corrected chi connectivity index (χ2v) is 7.27. The molecular weight excluding hydrogens is 276 g/mol. The maximum atomic E-state index is 12.5. The Labute approximate surface area is 133 Å². The Morgan fingerprint density at radius 2 is 2.14 bits per heavy atom. The summed E-state index contributed by atoms with van der Waals surface area (Å²) in [5.74, 6) is 1.03. The molecule has 1 amide bonds. The first-order valence-corrected chi connectivity index (χ1v) is 8.48. The fraction of sp³-hybridized carbons (Fsp3) is 0.765. The molecule has 2 aliphatic rings. The van der Waals surface area contributed by atoms with Crippen molar-refractivity contribution in [3.8, 4) is 0 Å². The van der Waals surface area contributed by atoms with Gasteiger partial charge in [-0.25, -0.2) is 0 Å². The summed E-state index contributed by atoms with van der Waals surface area (Å²) in [5, 5.41) is 4.40. The van der Waals surface area contributed by atoms with Gasteiger partial charge in [0.15, 0.2) is 0 Å². The smallest absolute Gasteiger partial charge is 0.224 e. The zero-order chi connectivity index (χ0) is 15.9. The molecular formula is C17H28N4O. The van der Waals surface area contributed by atoms with Crippen molar-refractivity contribution in [2.75, 3.05) is 13.1 Å². The van der Waals surface area contributed by atoms with E-state index in [-0.39, 0.29) is 0 Å². The number of rotatable bonds is 5. The van der Waals surface area contributed by atoms with E-state index in [9.17, 15) is 4.79 Å². The monoisotopic (exact) mass is 304 g/mol. The van der Waals surface area contributed by atoms with Crippen LogP contribution in [0.15, 0.2) is 6.07 Å². The van der Waals surface area contributed by atoms with Crippen molar-refractivity contribution in [2.45, 2.75) is 58.7 Å². The molecule has 2 aliphatic heterocycles. The third kappa shape index (κ3) is 2.91. The van der Waals surface area contributed by atoms with Crippen LogP contribution in [0.4, 0.5) is 0 Å². The Kier molecular flexibility index (Phi) is 4.26. The number of hydrogen-bond acceptors (Lipinski definition) is 3. The Hall–Kier alpha value is -1.36. The highest BCUT2D eigenvalue weighted by Crippen LogP contribution is 2.33. The number of hydrogen-bond donors (Lipinski definition) is 0. The molecule has 2 atom stereocenters. The minimum absolute atomic E-state index is 0.308. The standard InChI is InChI=1S/C17H28N4O/c1-12(2)5-7-20-8-6-15-16(20)10-17(22)21(15)11-14-9-13(3)18-19(14)4/h9,12,15-16H,5-8,10-11H2,1-4H3/t15-,16-/m0/s1. The number of carbonyl (C=O) groups excluding carboxylic acids is 1. The van der Waals surface area contributed by atoms with Gasteiger partial charge in [0.1, 0.15) is 0 Å². The van der Waals surface area contributed by atoms with Crippen molar-refractivity contribution in [1.29, 1.82) is 0 Å². The molecule has 0 saturated carbocycles. The lowest BCUT2D eigenvalue weighted by Gasteiger charge is -2.25. The lowest BCUT2D eigenvalue weighted by atomic mass is 10.1. The highest BCUT2D eigenvalue weighted by molar-refractivity contribution is 5.80. The molecule has 0 aliphatic carbocycles. The first-order chi connectivity index (χ1) is 10.5. The zero-order valence-electron chi connectivity index (χ0n) is 14.2. The summed E-state index contributed by atoms with van der Waals surface area (Å²) in [7, 11) is 1.96. The van der Waals surface area contributed by atoms with Crippen molar-refractivity contribution in [2.24, 2.45) is 13.0 Å². The number of nitrogens with zero attached hydrogens (tertiary/aromatic N) is 4. The van der Waals surface area contributed by atoms with Crippen molar-refractivity contribution in [3.05, 3.63) is 17.5 Å². The second kappa shape index (κ2) is 6.03. The predicted octanol–water partition coefficient (Wildman–Crippen LogP) is 1.95. The number of carbonyl (C=O) groups is 1. The fourth-order valence-electron chi connectivity index (χ4n) is 3.90. The molecule has 2 fully saturated rings. The van der Waals surface area contributed by atoms with E-state index in [1.165, 1.54) is 6.42 Å². The molecule has 122 valence electrons. The lowest BCUT2D eigenvalue weighted by Crippen LogP contribution is -2.37. The van der Waals surface area contributed by atoms with Gasteiger partial charge in [0.2, 0.25) is 5.91 Å². The van der Waals surface area contributed by atoms with Crippen molar-refractivity contribution < 1.29 is 4.79 Å². The largest absolute Gasteiger partial charge is 0.332 e. The first kappa shape index (κ1) is 15.5. The topological polar surface area (TPSA) is 41.4 Å². The van der Waals surface area contributed by atoms with Gasteiger partial charge in [0.25, 0.3) is 0 Å². The Bertz CT molecular complexity index is 551. The predicted molar refractivity (Wildman–Crippen MR) is 86.3 cm³/mol. The maximum absolute atomic E-state index is 12.5. The van der Waals surface area contributed by atoms with E-state index in [1.807, 2.05) is 18.7 Å². The van der Waals surface area contributed by atoms with E-state index >= 15 is 0 Å². The van der Waals surface area contributed by atoms with Gasteiger partial charge in [-0.2, -0.15) is 5.10 Å². The van der Waals surface area contributed by atoms with Gasteiger partial charge >= 0.3 is 0 Å². The molecule has 0 unspecified atom stereocenters. The molecule has 5 heteroatoms. The third-order valence-corrected chi connectivity index (χ3v) is 5.15. The summed E-state index contributed by atoms with van der Waals surface area (Å²) in [6.45, 7) is 9.51. The van der Waals surface area contributed by atoms with E-state index < -0.39 is 0 Å². The summed E-state index contributed by atoms with van der Waals surface area (Å²) < 4.78 is 1.90. The normalized spacial score (nSPS) is 25.5. The van der Waals surface area contributed by atoms with Crippen molar-refractivity contribution in [1.82, 2.24) is 19.6 Å².